The van der Waals surface area contributed by atoms with E-state index >= 15 is 0 Å². The van der Waals surface area contributed by atoms with Crippen LogP contribution in [-0.4, -0.2) is 47.6 Å². The molecule has 9 nitrogen and oxygen atoms in total. The van der Waals surface area contributed by atoms with Crippen molar-refractivity contribution in [2.24, 2.45) is 0 Å². The maximum absolute atomic E-state index is 12.9. The minimum atomic E-state index is -1.13. The fourth-order valence-electron chi connectivity index (χ4n) is 3.14. The molecule has 0 saturated carbocycles. The Morgan fingerprint density at radius 2 is 2.00 bits per heavy atom. The van der Waals surface area contributed by atoms with E-state index in [4.69, 9.17) is 35.7 Å². The van der Waals surface area contributed by atoms with Gasteiger partial charge < -0.3 is 24.1 Å². The first-order valence-electron chi connectivity index (χ1n) is 9.32. The molecular formula is C21H15BrClNO8S. The fourth-order valence-corrected chi connectivity index (χ4v) is 4.76. The number of carbonyl (C=O) groups excluding carboxylic acids is 2. The first-order chi connectivity index (χ1) is 15.8. The number of benzene rings is 2. The highest BCUT2D eigenvalue weighted by atomic mass is 79.9. The molecule has 33 heavy (non-hydrogen) atoms. The van der Waals surface area contributed by atoms with Gasteiger partial charge in [0.1, 0.15) is 0 Å². The Balaban J connectivity index is 1.57. The van der Waals surface area contributed by atoms with E-state index in [2.05, 4.69) is 15.9 Å². The number of amides is 2. The molecule has 2 aliphatic rings. The highest BCUT2D eigenvalue weighted by Crippen LogP contribution is 2.41. The number of halogens is 2. The molecule has 1 saturated heterocycles. The van der Waals surface area contributed by atoms with E-state index in [1.54, 1.807) is 30.3 Å². The van der Waals surface area contributed by atoms with Gasteiger partial charge >= 0.3 is 5.97 Å². The number of methoxy groups -OCH3 is 1. The molecule has 1 fully saturated rings. The first-order valence-corrected chi connectivity index (χ1v) is 11.3. The van der Waals surface area contributed by atoms with Crippen molar-refractivity contribution >= 4 is 62.5 Å². The molecule has 0 spiro atoms. The summed E-state index contributed by atoms with van der Waals surface area (Å²) in [7, 11) is 1.40. The monoisotopic (exact) mass is 555 g/mol. The minimum absolute atomic E-state index is 0.0214. The molecule has 4 rings (SSSR count). The van der Waals surface area contributed by atoms with Crippen LogP contribution in [-0.2, 0) is 16.1 Å². The summed E-state index contributed by atoms with van der Waals surface area (Å²) in [5, 5.41) is 8.75. The summed E-state index contributed by atoms with van der Waals surface area (Å²) in [6.45, 7) is -0.485. The Bertz CT molecular complexity index is 1200. The van der Waals surface area contributed by atoms with Gasteiger partial charge in [-0.1, -0.05) is 11.6 Å². The number of aliphatic carboxylic acids is 1. The van der Waals surface area contributed by atoms with Crippen LogP contribution >= 0.6 is 39.3 Å². The highest BCUT2D eigenvalue weighted by Gasteiger charge is 2.36. The Kier molecular flexibility index (Phi) is 6.73. The summed E-state index contributed by atoms with van der Waals surface area (Å²) in [5.74, 6) is -0.123. The lowest BCUT2D eigenvalue weighted by molar-refractivity contribution is -0.139. The van der Waals surface area contributed by atoms with Gasteiger partial charge in [0.25, 0.3) is 11.1 Å². The molecule has 2 aromatic carbocycles. The van der Waals surface area contributed by atoms with E-state index in [0.717, 1.165) is 16.7 Å². The van der Waals surface area contributed by atoms with Crippen LogP contribution in [0.5, 0.6) is 23.0 Å². The fraction of sp³-hybridized carbons (Fsp3) is 0.190. The third kappa shape index (κ3) is 4.90. The molecule has 2 aromatic rings. The second kappa shape index (κ2) is 9.54. The van der Waals surface area contributed by atoms with Crippen molar-refractivity contribution < 1.29 is 38.4 Å². The van der Waals surface area contributed by atoms with Crippen LogP contribution in [0.3, 0.4) is 0 Å². The summed E-state index contributed by atoms with van der Waals surface area (Å²) >= 11 is 10.4. The van der Waals surface area contributed by atoms with Gasteiger partial charge in [0, 0.05) is 11.1 Å². The molecule has 172 valence electrons. The molecule has 1 N–H and O–H groups in total. The first kappa shape index (κ1) is 23.3. The number of rotatable bonds is 7. The number of ether oxygens (including phenoxy) is 4. The standard InChI is InChI=1S/C21H15BrClNO8S/c1-29-16-3-10(2-12(22)19(16)30-8-18(25)26)4-17-20(27)24(21(28)33-17)7-11-5-14-15(6-13(11)23)32-9-31-14/h2-6H,7-9H2,1H3,(H,25,26)/b17-4-. The second-order valence-corrected chi connectivity index (χ2v) is 9.04. The Hall–Kier alpha value is -2.89. The molecule has 12 heteroatoms. The van der Waals surface area contributed by atoms with Crippen LogP contribution in [0, 0.1) is 0 Å². The van der Waals surface area contributed by atoms with E-state index in [1.807, 2.05) is 0 Å². The van der Waals surface area contributed by atoms with Crippen LogP contribution in [0.2, 0.25) is 5.02 Å². The Morgan fingerprint density at radius 1 is 1.27 bits per heavy atom. The highest BCUT2D eigenvalue weighted by molar-refractivity contribution is 9.10. The number of imide groups is 1. The van der Waals surface area contributed by atoms with Crippen molar-refractivity contribution in [2.45, 2.75) is 6.54 Å². The third-order valence-electron chi connectivity index (χ3n) is 4.63. The Labute approximate surface area is 205 Å². The van der Waals surface area contributed by atoms with Gasteiger partial charge in [-0.25, -0.2) is 4.79 Å². The van der Waals surface area contributed by atoms with Crippen LogP contribution in [0.1, 0.15) is 11.1 Å². The molecule has 2 amide bonds. The second-order valence-electron chi connectivity index (χ2n) is 6.78. The van der Waals surface area contributed by atoms with Gasteiger partial charge in [0.2, 0.25) is 6.79 Å². The summed E-state index contributed by atoms with van der Waals surface area (Å²) in [5.41, 5.74) is 1.10. The van der Waals surface area contributed by atoms with Crippen LogP contribution < -0.4 is 18.9 Å². The molecule has 0 radical (unpaired) electrons. The van der Waals surface area contributed by atoms with Crippen molar-refractivity contribution in [1.82, 2.24) is 4.90 Å². The summed E-state index contributed by atoms with van der Waals surface area (Å²) in [4.78, 5) is 37.6. The third-order valence-corrected chi connectivity index (χ3v) is 6.48. The molecule has 0 aromatic heterocycles. The zero-order valence-corrected chi connectivity index (χ0v) is 20.1. The lowest BCUT2D eigenvalue weighted by atomic mass is 10.1. The largest absolute Gasteiger partial charge is 0.493 e. The van der Waals surface area contributed by atoms with Gasteiger partial charge in [-0.15, -0.1) is 0 Å². The number of fused-ring (bicyclic) bond motifs is 1. The van der Waals surface area contributed by atoms with E-state index in [-0.39, 0.29) is 29.7 Å². The lowest BCUT2D eigenvalue weighted by Gasteiger charge is -2.14. The topological polar surface area (TPSA) is 112 Å². The SMILES string of the molecule is COc1cc(/C=C2\SC(=O)N(Cc3cc4c(cc3Cl)OCO4)C2=O)cc(Br)c1OCC(=O)O. The van der Waals surface area contributed by atoms with Gasteiger partial charge in [0.15, 0.2) is 29.6 Å². The zero-order chi connectivity index (χ0) is 23.7. The molecule has 0 atom stereocenters. The lowest BCUT2D eigenvalue weighted by Crippen LogP contribution is -2.27. The van der Waals surface area contributed by atoms with Crippen molar-refractivity contribution in [2.75, 3.05) is 20.5 Å². The average molecular weight is 557 g/mol. The number of carboxylic acids is 1. The van der Waals surface area contributed by atoms with E-state index in [1.165, 1.54) is 7.11 Å². The van der Waals surface area contributed by atoms with Gasteiger partial charge in [-0.3, -0.25) is 14.5 Å². The van der Waals surface area contributed by atoms with Gasteiger partial charge in [-0.2, -0.15) is 0 Å². The number of thioether (sulfide) groups is 1. The molecule has 0 bridgehead atoms. The minimum Gasteiger partial charge on any atom is -0.493 e. The number of hydrogen-bond donors (Lipinski definition) is 1. The number of carbonyl (C=O) groups is 3. The predicted octanol–water partition coefficient (Wildman–Crippen LogP) is 4.54. The number of hydrogen-bond acceptors (Lipinski definition) is 8. The molecular weight excluding hydrogens is 542 g/mol. The van der Waals surface area contributed by atoms with E-state index < -0.39 is 23.7 Å². The average Bonchev–Trinajstić information content (AvgIpc) is 3.31. The van der Waals surface area contributed by atoms with E-state index in [0.29, 0.717) is 32.1 Å². The maximum Gasteiger partial charge on any atom is 0.341 e. The molecule has 0 unspecified atom stereocenters. The summed E-state index contributed by atoms with van der Waals surface area (Å²) in [6, 6.07) is 6.44. The smallest absolute Gasteiger partial charge is 0.341 e. The molecule has 0 aliphatic carbocycles. The zero-order valence-electron chi connectivity index (χ0n) is 16.9. The molecule has 2 aliphatic heterocycles. The Morgan fingerprint density at radius 3 is 2.70 bits per heavy atom. The number of nitrogens with zero attached hydrogens (tertiary/aromatic N) is 1. The van der Waals surface area contributed by atoms with Crippen molar-refractivity contribution in [3.63, 3.8) is 0 Å². The summed E-state index contributed by atoms with van der Waals surface area (Å²) < 4.78 is 21.6. The predicted molar refractivity (Wildman–Crippen MR) is 123 cm³/mol. The van der Waals surface area contributed by atoms with Crippen molar-refractivity contribution in [3.8, 4) is 23.0 Å². The van der Waals surface area contributed by atoms with Crippen molar-refractivity contribution in [3.05, 3.63) is 49.8 Å². The van der Waals surface area contributed by atoms with Crippen molar-refractivity contribution in [1.29, 1.82) is 0 Å². The summed E-state index contributed by atoms with van der Waals surface area (Å²) in [6.07, 6.45) is 1.54. The molecule has 2 heterocycles. The van der Waals surface area contributed by atoms with Gasteiger partial charge in [-0.05, 0) is 63.1 Å². The number of carboxylic acid groups (broad SMARTS) is 1. The normalized spacial score (nSPS) is 16.0. The van der Waals surface area contributed by atoms with Crippen LogP contribution in [0.4, 0.5) is 4.79 Å². The van der Waals surface area contributed by atoms with Crippen LogP contribution in [0.25, 0.3) is 6.08 Å². The quantitative estimate of drug-likeness (QED) is 0.491. The maximum atomic E-state index is 12.9. The van der Waals surface area contributed by atoms with E-state index in [9.17, 15) is 14.4 Å². The van der Waals surface area contributed by atoms with Gasteiger partial charge in [0.05, 0.1) is 23.0 Å². The van der Waals surface area contributed by atoms with Crippen LogP contribution in [0.15, 0.2) is 33.6 Å².